The molecule has 0 aliphatic heterocycles. The SMILES string of the molecule is CC/C=C\C/C=C\C/C=C\C/C=C\CCCCCCC(=O)O[C@H](COC(=O)CC/C=C\C/C=C\C/C=C\C/C=C\C/C=C\CCCCC)COC(=O)CCCCCCC/C=C\CCCC. The lowest BCUT2D eigenvalue weighted by Gasteiger charge is -2.18. The number of rotatable bonds is 45. The van der Waals surface area contributed by atoms with Crippen LogP contribution in [0.25, 0.3) is 0 Å². The summed E-state index contributed by atoms with van der Waals surface area (Å²) in [6, 6.07) is 0. The lowest BCUT2D eigenvalue weighted by atomic mass is 10.1. The Morgan fingerprint density at radius 3 is 1.09 bits per heavy atom. The molecule has 0 aromatic carbocycles. The fraction of sp³-hybridized carbons (Fsp3) is 0.610. The summed E-state index contributed by atoms with van der Waals surface area (Å²) in [5, 5.41) is 0. The molecule has 0 aliphatic carbocycles. The zero-order chi connectivity index (χ0) is 47.2. The highest BCUT2D eigenvalue weighted by molar-refractivity contribution is 5.71. The number of carbonyl (C=O) groups excluding carboxylic acids is 3. The van der Waals surface area contributed by atoms with Crippen molar-refractivity contribution in [2.24, 2.45) is 0 Å². The van der Waals surface area contributed by atoms with Gasteiger partial charge < -0.3 is 14.2 Å². The number of hydrogen-bond acceptors (Lipinski definition) is 6. The quantitative estimate of drug-likeness (QED) is 0.0262. The van der Waals surface area contributed by atoms with Crippen LogP contribution in [0.3, 0.4) is 0 Å². The monoisotopic (exact) mass is 899 g/mol. The van der Waals surface area contributed by atoms with Crippen LogP contribution in [-0.4, -0.2) is 37.2 Å². The van der Waals surface area contributed by atoms with Gasteiger partial charge in [0, 0.05) is 19.3 Å². The molecule has 0 saturated carbocycles. The maximum atomic E-state index is 12.8. The summed E-state index contributed by atoms with van der Waals surface area (Å²) >= 11 is 0. The van der Waals surface area contributed by atoms with E-state index in [1.54, 1.807) is 0 Å². The Labute approximate surface area is 399 Å². The van der Waals surface area contributed by atoms with Gasteiger partial charge in [-0.05, 0) is 116 Å². The molecule has 1 atom stereocenters. The van der Waals surface area contributed by atoms with E-state index in [1.165, 1.54) is 51.4 Å². The van der Waals surface area contributed by atoms with Gasteiger partial charge in [-0.25, -0.2) is 0 Å². The van der Waals surface area contributed by atoms with Crippen LogP contribution in [0.5, 0.6) is 0 Å². The molecule has 0 unspecified atom stereocenters. The molecule has 0 aliphatic rings. The first kappa shape index (κ1) is 60.8. The van der Waals surface area contributed by atoms with Crippen LogP contribution in [0, 0.1) is 0 Å². The molecule has 366 valence electrons. The Balaban J connectivity index is 4.56. The molecule has 65 heavy (non-hydrogen) atoms. The number of esters is 3. The van der Waals surface area contributed by atoms with Gasteiger partial charge in [0.2, 0.25) is 0 Å². The Hall–Kier alpha value is -4.19. The van der Waals surface area contributed by atoms with Gasteiger partial charge in [-0.1, -0.05) is 200 Å². The molecule has 0 heterocycles. The highest BCUT2D eigenvalue weighted by atomic mass is 16.6. The minimum absolute atomic E-state index is 0.119. The van der Waals surface area contributed by atoms with Crippen molar-refractivity contribution in [1.82, 2.24) is 0 Å². The smallest absolute Gasteiger partial charge is 0.306 e. The minimum atomic E-state index is -0.827. The zero-order valence-corrected chi connectivity index (χ0v) is 41.7. The van der Waals surface area contributed by atoms with Crippen molar-refractivity contribution in [2.45, 2.75) is 219 Å². The van der Waals surface area contributed by atoms with Crippen molar-refractivity contribution in [1.29, 1.82) is 0 Å². The van der Waals surface area contributed by atoms with Crippen molar-refractivity contribution in [3.63, 3.8) is 0 Å². The molecule has 0 aromatic heterocycles. The maximum Gasteiger partial charge on any atom is 0.306 e. The lowest BCUT2D eigenvalue weighted by molar-refractivity contribution is -0.166. The van der Waals surface area contributed by atoms with Crippen LogP contribution in [0.1, 0.15) is 213 Å². The Kier molecular flexibility index (Phi) is 49.1. The summed E-state index contributed by atoms with van der Waals surface area (Å²) in [5.74, 6) is -1.05. The number of unbranched alkanes of at least 4 members (excludes halogenated alkanes) is 14. The van der Waals surface area contributed by atoms with Gasteiger partial charge in [0.05, 0.1) is 0 Å². The molecule has 0 saturated heterocycles. The van der Waals surface area contributed by atoms with Gasteiger partial charge in [0.1, 0.15) is 13.2 Å². The van der Waals surface area contributed by atoms with Crippen LogP contribution in [-0.2, 0) is 28.6 Å². The van der Waals surface area contributed by atoms with Crippen LogP contribution in [0.15, 0.2) is 122 Å². The number of ether oxygens (including phenoxy) is 3. The molecule has 0 bridgehead atoms. The van der Waals surface area contributed by atoms with E-state index in [9.17, 15) is 14.4 Å². The topological polar surface area (TPSA) is 78.9 Å². The molecule has 0 radical (unpaired) electrons. The average Bonchev–Trinajstić information content (AvgIpc) is 3.30. The molecule has 0 aromatic rings. The maximum absolute atomic E-state index is 12.8. The van der Waals surface area contributed by atoms with Gasteiger partial charge in [0.15, 0.2) is 6.10 Å². The normalized spacial score (nSPS) is 13.1. The van der Waals surface area contributed by atoms with Crippen LogP contribution < -0.4 is 0 Å². The molecule has 0 N–H and O–H groups in total. The van der Waals surface area contributed by atoms with E-state index in [0.717, 1.165) is 116 Å². The predicted molar refractivity (Wildman–Crippen MR) is 279 cm³/mol. The highest BCUT2D eigenvalue weighted by Gasteiger charge is 2.19. The van der Waals surface area contributed by atoms with E-state index in [4.69, 9.17) is 14.2 Å². The molecule has 6 heteroatoms. The average molecular weight is 899 g/mol. The Bertz CT molecular complexity index is 1400. The van der Waals surface area contributed by atoms with E-state index < -0.39 is 6.10 Å². The number of hydrogen-bond donors (Lipinski definition) is 0. The van der Waals surface area contributed by atoms with Crippen molar-refractivity contribution in [2.75, 3.05) is 13.2 Å². The third-order valence-electron chi connectivity index (χ3n) is 10.4. The zero-order valence-electron chi connectivity index (χ0n) is 41.7. The summed E-state index contributed by atoms with van der Waals surface area (Å²) in [6.07, 6.45) is 71.9. The fourth-order valence-corrected chi connectivity index (χ4v) is 6.51. The van der Waals surface area contributed by atoms with E-state index in [1.807, 2.05) is 12.2 Å². The predicted octanol–water partition coefficient (Wildman–Crippen LogP) is 17.3. The van der Waals surface area contributed by atoms with Crippen molar-refractivity contribution < 1.29 is 28.6 Å². The van der Waals surface area contributed by atoms with Crippen molar-refractivity contribution >= 4 is 17.9 Å². The third kappa shape index (κ3) is 50.7. The Morgan fingerprint density at radius 2 is 0.646 bits per heavy atom. The second kappa shape index (κ2) is 52.4. The second-order valence-corrected chi connectivity index (χ2v) is 16.7. The Morgan fingerprint density at radius 1 is 0.323 bits per heavy atom. The third-order valence-corrected chi connectivity index (χ3v) is 10.4. The summed E-state index contributed by atoms with van der Waals surface area (Å²) in [7, 11) is 0. The molecule has 0 fully saturated rings. The largest absolute Gasteiger partial charge is 0.462 e. The number of allylic oxidation sites excluding steroid dienone is 20. The summed E-state index contributed by atoms with van der Waals surface area (Å²) < 4.78 is 16.7. The molecule has 6 nitrogen and oxygen atoms in total. The number of carbonyl (C=O) groups is 3. The van der Waals surface area contributed by atoms with Gasteiger partial charge in [0.25, 0.3) is 0 Å². The highest BCUT2D eigenvalue weighted by Crippen LogP contribution is 2.12. The lowest BCUT2D eigenvalue weighted by Crippen LogP contribution is -2.30. The van der Waals surface area contributed by atoms with Crippen molar-refractivity contribution in [3.05, 3.63) is 122 Å². The van der Waals surface area contributed by atoms with Gasteiger partial charge >= 0.3 is 17.9 Å². The molecule has 0 rings (SSSR count). The van der Waals surface area contributed by atoms with Crippen LogP contribution in [0.4, 0.5) is 0 Å². The minimum Gasteiger partial charge on any atom is -0.462 e. The van der Waals surface area contributed by atoms with E-state index in [-0.39, 0.29) is 44.0 Å². The first-order valence-corrected chi connectivity index (χ1v) is 26.0. The van der Waals surface area contributed by atoms with Gasteiger partial charge in [-0.2, -0.15) is 0 Å². The second-order valence-electron chi connectivity index (χ2n) is 16.7. The van der Waals surface area contributed by atoms with Gasteiger partial charge in [-0.15, -0.1) is 0 Å². The molecule has 0 amide bonds. The standard InChI is InChI=1S/C59H94O6/c1-4-7-10-13-16-19-22-24-26-28-29-31-32-34-37-40-43-46-49-52-58(61)64-55-56(54-63-57(60)51-48-45-42-39-36-21-18-15-12-9-6-3)65-59(62)53-50-47-44-41-38-35-33-30-27-25-23-20-17-14-11-8-5-2/h8,11,15-20,24-27,29,31,33-35,37,43,46,56H,4-7,9-10,12-14,21-23,28,30,32,36,38-42,44-45,47-55H2,1-3H3/b11-8-,18-15-,19-16-,20-17-,26-24-,27-25-,31-29-,35-33-,37-34-,46-43-/t56-/m0/s1. The van der Waals surface area contributed by atoms with E-state index in [0.29, 0.717) is 12.8 Å². The van der Waals surface area contributed by atoms with Crippen LogP contribution in [0.2, 0.25) is 0 Å². The van der Waals surface area contributed by atoms with Crippen LogP contribution >= 0.6 is 0 Å². The molecule has 0 spiro atoms. The summed E-state index contributed by atoms with van der Waals surface area (Å²) in [5.41, 5.74) is 0. The molecular formula is C59H94O6. The summed E-state index contributed by atoms with van der Waals surface area (Å²) in [6.45, 7) is 6.34. The van der Waals surface area contributed by atoms with E-state index >= 15 is 0 Å². The van der Waals surface area contributed by atoms with Crippen molar-refractivity contribution in [3.8, 4) is 0 Å². The summed E-state index contributed by atoms with van der Waals surface area (Å²) in [4.78, 5) is 37.9. The first-order chi connectivity index (χ1) is 32.0. The molecular weight excluding hydrogens is 805 g/mol. The van der Waals surface area contributed by atoms with E-state index in [2.05, 4.69) is 130 Å². The first-order valence-electron chi connectivity index (χ1n) is 26.0. The fourth-order valence-electron chi connectivity index (χ4n) is 6.51. The van der Waals surface area contributed by atoms with Gasteiger partial charge in [-0.3, -0.25) is 14.4 Å².